The molecule has 3 aliphatic heterocycles. The molecule has 2 aromatic rings. The number of carbonyl (C=O) groups is 1. The second kappa shape index (κ2) is 6.40. The summed E-state index contributed by atoms with van der Waals surface area (Å²) in [7, 11) is 0. The van der Waals surface area contributed by atoms with Crippen molar-refractivity contribution in [2.75, 3.05) is 13.1 Å². The molecule has 3 aliphatic rings. The van der Waals surface area contributed by atoms with Crippen molar-refractivity contribution in [1.82, 2.24) is 4.90 Å². The van der Waals surface area contributed by atoms with Crippen molar-refractivity contribution in [3.05, 3.63) is 63.7 Å². The number of piperidine rings is 3. The Hall–Kier alpha value is -2.14. The van der Waals surface area contributed by atoms with Gasteiger partial charge in [-0.25, -0.2) is 9.18 Å². The Labute approximate surface area is 144 Å². The third-order valence-electron chi connectivity index (χ3n) is 4.79. The van der Waals surface area contributed by atoms with Crippen molar-refractivity contribution >= 4 is 23.4 Å². The number of hydrogen-bond acceptors (Lipinski definition) is 4. The van der Waals surface area contributed by atoms with Crippen molar-refractivity contribution in [2.45, 2.75) is 18.9 Å². The number of carbonyl (C=O) groups excluding carboxylic acids is 1. The van der Waals surface area contributed by atoms with Crippen molar-refractivity contribution < 1.29 is 13.9 Å². The molecule has 0 aliphatic carbocycles. The molecule has 0 saturated carbocycles. The summed E-state index contributed by atoms with van der Waals surface area (Å²) in [6.45, 7) is 1.88. The highest BCUT2D eigenvalue weighted by Crippen LogP contribution is 2.38. The zero-order chi connectivity index (χ0) is 16.5. The Morgan fingerprint density at radius 3 is 2.71 bits per heavy atom. The maximum absolute atomic E-state index is 14.0. The van der Waals surface area contributed by atoms with E-state index in [4.69, 9.17) is 4.74 Å². The molecule has 124 valence electrons. The van der Waals surface area contributed by atoms with E-state index in [1.165, 1.54) is 17.4 Å². The lowest BCUT2D eigenvalue weighted by molar-refractivity contribution is -0.0157. The van der Waals surface area contributed by atoms with E-state index in [1.54, 1.807) is 18.2 Å². The molecule has 0 N–H and O–H groups in total. The summed E-state index contributed by atoms with van der Waals surface area (Å²) in [5.74, 6) is -0.226. The van der Waals surface area contributed by atoms with Gasteiger partial charge in [0.05, 0.1) is 5.70 Å². The molecule has 1 atom stereocenters. The molecule has 0 amide bonds. The van der Waals surface area contributed by atoms with Crippen LogP contribution in [0.15, 0.2) is 47.5 Å². The van der Waals surface area contributed by atoms with Crippen LogP contribution in [0.1, 0.15) is 28.1 Å². The highest BCUT2D eigenvalue weighted by molar-refractivity contribution is 7.11. The van der Waals surface area contributed by atoms with Gasteiger partial charge >= 0.3 is 5.97 Å². The van der Waals surface area contributed by atoms with Crippen molar-refractivity contribution in [3.63, 3.8) is 0 Å². The maximum Gasteiger partial charge on any atom is 0.348 e. The number of ether oxygens (including phenoxy) is 1. The molecule has 3 fully saturated rings. The highest BCUT2D eigenvalue weighted by atomic mass is 32.1. The number of fused-ring (bicyclic) bond motifs is 3. The quantitative estimate of drug-likeness (QED) is 0.783. The topological polar surface area (TPSA) is 29.5 Å². The fraction of sp³-hybridized carbons (Fsp3) is 0.316. The molecule has 0 radical (unpaired) electrons. The van der Waals surface area contributed by atoms with Gasteiger partial charge in [-0.1, -0.05) is 24.3 Å². The fourth-order valence-electron chi connectivity index (χ4n) is 3.53. The molecule has 3 saturated heterocycles. The first-order valence-electron chi connectivity index (χ1n) is 8.18. The normalized spacial score (nSPS) is 24.4. The van der Waals surface area contributed by atoms with Crippen LogP contribution in [-0.4, -0.2) is 30.1 Å². The first kappa shape index (κ1) is 15.4. The van der Waals surface area contributed by atoms with Crippen molar-refractivity contribution in [2.24, 2.45) is 5.92 Å². The average Bonchev–Trinajstić information content (AvgIpc) is 3.14. The summed E-state index contributed by atoms with van der Waals surface area (Å²) < 4.78 is 19.9. The molecular formula is C19H18FNO2S. The van der Waals surface area contributed by atoms with Gasteiger partial charge in [0, 0.05) is 24.6 Å². The number of rotatable bonds is 3. The van der Waals surface area contributed by atoms with Gasteiger partial charge in [-0.15, -0.1) is 11.3 Å². The predicted octanol–water partition coefficient (Wildman–Crippen LogP) is 4.18. The molecule has 1 aromatic heterocycles. The lowest BCUT2D eigenvalue weighted by Gasteiger charge is -2.47. The van der Waals surface area contributed by atoms with E-state index in [1.807, 2.05) is 23.6 Å². The molecule has 24 heavy (non-hydrogen) atoms. The minimum Gasteiger partial charge on any atom is -0.451 e. The molecule has 3 nitrogen and oxygen atoms in total. The van der Waals surface area contributed by atoms with Gasteiger partial charge in [-0.3, -0.25) is 0 Å². The van der Waals surface area contributed by atoms with E-state index in [0.717, 1.165) is 31.6 Å². The van der Waals surface area contributed by atoms with Crippen LogP contribution in [0.25, 0.3) is 6.08 Å². The number of thiophene rings is 1. The van der Waals surface area contributed by atoms with Crippen LogP contribution >= 0.6 is 11.3 Å². The van der Waals surface area contributed by atoms with E-state index >= 15 is 0 Å². The summed E-state index contributed by atoms with van der Waals surface area (Å²) in [6.07, 6.45) is 3.57. The monoisotopic (exact) mass is 343 g/mol. The molecular weight excluding hydrogens is 325 g/mol. The predicted molar refractivity (Wildman–Crippen MR) is 92.2 cm³/mol. The highest BCUT2D eigenvalue weighted by Gasteiger charge is 2.40. The maximum atomic E-state index is 14.0. The molecule has 4 heterocycles. The van der Waals surface area contributed by atoms with Crippen molar-refractivity contribution in [1.29, 1.82) is 0 Å². The first-order chi connectivity index (χ1) is 11.7. The molecule has 1 aromatic carbocycles. The smallest absolute Gasteiger partial charge is 0.348 e. The largest absolute Gasteiger partial charge is 0.451 e. The number of nitrogens with zero attached hydrogens (tertiary/aromatic N) is 1. The molecule has 1 unspecified atom stereocenters. The van der Waals surface area contributed by atoms with Gasteiger partial charge in [0.25, 0.3) is 0 Å². The number of halogens is 1. The van der Waals surface area contributed by atoms with Gasteiger partial charge in [0.1, 0.15) is 16.8 Å². The Morgan fingerprint density at radius 1 is 1.21 bits per heavy atom. The average molecular weight is 343 g/mol. The fourth-order valence-corrected chi connectivity index (χ4v) is 4.14. The standard InChI is InChI=1S/C19H18FNO2S/c20-15-5-2-1-4-14(15)12-16-18(13-7-9-21(16)10-8-13)23-19(22)17-6-3-11-24-17/h1-6,11-13,18H,7-10H2/b16-12-. The molecule has 5 heteroatoms. The van der Waals surface area contributed by atoms with Gasteiger partial charge < -0.3 is 9.64 Å². The van der Waals surface area contributed by atoms with Gasteiger partial charge in [-0.2, -0.15) is 0 Å². The lowest BCUT2D eigenvalue weighted by Crippen LogP contribution is -2.50. The van der Waals surface area contributed by atoms with Gasteiger partial charge in [0.2, 0.25) is 0 Å². The molecule has 5 rings (SSSR count). The minimum atomic E-state index is -0.290. The van der Waals surface area contributed by atoms with Crippen LogP contribution in [-0.2, 0) is 4.74 Å². The third kappa shape index (κ3) is 2.84. The number of benzene rings is 1. The van der Waals surface area contributed by atoms with Crippen molar-refractivity contribution in [3.8, 4) is 0 Å². The van der Waals surface area contributed by atoms with Crippen LogP contribution in [0.3, 0.4) is 0 Å². The second-order valence-electron chi connectivity index (χ2n) is 6.22. The first-order valence-corrected chi connectivity index (χ1v) is 9.06. The SMILES string of the molecule is O=C(OC1/C(=C/c2ccccc2F)N2CCC1CC2)c1cccs1. The summed E-state index contributed by atoms with van der Waals surface area (Å²) in [5, 5.41) is 1.86. The second-order valence-corrected chi connectivity index (χ2v) is 7.17. The Kier molecular flexibility index (Phi) is 4.10. The minimum absolute atomic E-state index is 0.254. The van der Waals surface area contributed by atoms with E-state index in [0.29, 0.717) is 16.4 Å². The van der Waals surface area contributed by atoms with Crippen LogP contribution in [0.4, 0.5) is 4.39 Å². The van der Waals surface area contributed by atoms with Gasteiger partial charge in [-0.05, 0) is 36.4 Å². The van der Waals surface area contributed by atoms with Crippen LogP contribution in [0.2, 0.25) is 0 Å². The van der Waals surface area contributed by atoms with E-state index in [9.17, 15) is 9.18 Å². The van der Waals surface area contributed by atoms with Crippen LogP contribution in [0, 0.1) is 11.7 Å². The van der Waals surface area contributed by atoms with E-state index < -0.39 is 0 Å². The molecule has 2 bridgehead atoms. The Bertz CT molecular complexity index is 763. The van der Waals surface area contributed by atoms with E-state index in [-0.39, 0.29) is 17.9 Å². The van der Waals surface area contributed by atoms with E-state index in [2.05, 4.69) is 4.90 Å². The Morgan fingerprint density at radius 2 is 2.00 bits per heavy atom. The Balaban J connectivity index is 1.65. The summed E-state index contributed by atoms with van der Waals surface area (Å²) in [6, 6.07) is 10.3. The lowest BCUT2D eigenvalue weighted by atomic mass is 9.82. The summed E-state index contributed by atoms with van der Waals surface area (Å²) >= 11 is 1.38. The van der Waals surface area contributed by atoms with Gasteiger partial charge in [0.15, 0.2) is 0 Å². The number of esters is 1. The summed E-state index contributed by atoms with van der Waals surface area (Å²) in [5.41, 5.74) is 1.46. The third-order valence-corrected chi connectivity index (χ3v) is 5.64. The van der Waals surface area contributed by atoms with Crippen LogP contribution < -0.4 is 0 Å². The van der Waals surface area contributed by atoms with Crippen LogP contribution in [0.5, 0.6) is 0 Å². The molecule has 0 spiro atoms. The number of hydrogen-bond donors (Lipinski definition) is 0. The summed E-state index contributed by atoms with van der Waals surface area (Å²) in [4.78, 5) is 15.2. The zero-order valence-corrected chi connectivity index (χ0v) is 14.0. The zero-order valence-electron chi connectivity index (χ0n) is 13.2.